The Bertz CT molecular complexity index is 1280. The Morgan fingerprint density at radius 3 is 2.62 bits per heavy atom. The minimum atomic E-state index is -4.53. The van der Waals surface area contributed by atoms with Crippen LogP contribution >= 0.6 is 22.7 Å². The second-order valence-corrected chi connectivity index (χ2v) is 8.24. The van der Waals surface area contributed by atoms with Gasteiger partial charge < -0.3 is 5.73 Å². The van der Waals surface area contributed by atoms with Crippen molar-refractivity contribution in [3.8, 4) is 16.4 Å². The Balaban J connectivity index is 1.68. The standard InChI is InChI=1S/C19H13F3N6O2S2/c20-19(21,22)10-3-1-4-12(7-10)28-16(13-5-2-6-31-13)25-15(27-28)17(30)26-18-24-11(9-32-18)8-14(23)29/h1-7,9H,8H2,(H2,23,29)(H,24,26,30). The van der Waals surface area contributed by atoms with Crippen LogP contribution in [0.25, 0.3) is 16.4 Å². The zero-order valence-corrected chi connectivity index (χ0v) is 17.6. The highest BCUT2D eigenvalue weighted by atomic mass is 32.1. The van der Waals surface area contributed by atoms with E-state index < -0.39 is 23.6 Å². The number of hydrogen-bond acceptors (Lipinski definition) is 7. The number of anilines is 1. The number of thiazole rings is 1. The molecule has 13 heteroatoms. The van der Waals surface area contributed by atoms with E-state index in [0.29, 0.717) is 10.6 Å². The number of alkyl halides is 3. The SMILES string of the molecule is NC(=O)Cc1csc(NC(=O)c2nc(-c3cccs3)n(-c3cccc(C(F)(F)F)c3)n2)n1. The number of nitrogens with two attached hydrogens (primary N) is 1. The number of rotatable bonds is 6. The number of amides is 2. The fourth-order valence-electron chi connectivity index (χ4n) is 2.74. The Labute approximate surface area is 186 Å². The fourth-order valence-corrected chi connectivity index (χ4v) is 4.15. The van der Waals surface area contributed by atoms with Gasteiger partial charge in [0, 0.05) is 5.38 Å². The Morgan fingerprint density at radius 2 is 1.94 bits per heavy atom. The van der Waals surface area contributed by atoms with E-state index in [-0.39, 0.29) is 28.9 Å². The van der Waals surface area contributed by atoms with E-state index in [2.05, 4.69) is 20.4 Å². The van der Waals surface area contributed by atoms with Crippen LogP contribution in [0, 0.1) is 0 Å². The second-order valence-electron chi connectivity index (χ2n) is 6.44. The van der Waals surface area contributed by atoms with Gasteiger partial charge in [-0.1, -0.05) is 12.1 Å². The number of aromatic nitrogens is 4. The summed E-state index contributed by atoms with van der Waals surface area (Å²) in [6.07, 6.45) is -4.61. The van der Waals surface area contributed by atoms with E-state index in [0.717, 1.165) is 23.5 Å². The summed E-state index contributed by atoms with van der Waals surface area (Å²) in [5, 5.41) is 10.2. The van der Waals surface area contributed by atoms with Crippen LogP contribution in [0.3, 0.4) is 0 Å². The van der Waals surface area contributed by atoms with Crippen molar-refractivity contribution in [1.82, 2.24) is 19.7 Å². The molecule has 0 spiro atoms. The van der Waals surface area contributed by atoms with Crippen LogP contribution in [-0.4, -0.2) is 31.6 Å². The molecule has 3 heterocycles. The van der Waals surface area contributed by atoms with Gasteiger partial charge in [-0.3, -0.25) is 14.9 Å². The third-order valence-corrected chi connectivity index (χ3v) is 5.77. The smallest absolute Gasteiger partial charge is 0.369 e. The molecule has 3 aromatic heterocycles. The van der Waals surface area contributed by atoms with E-state index >= 15 is 0 Å². The summed E-state index contributed by atoms with van der Waals surface area (Å²) < 4.78 is 40.7. The zero-order valence-electron chi connectivity index (χ0n) is 16.0. The van der Waals surface area contributed by atoms with Crippen LogP contribution < -0.4 is 11.1 Å². The van der Waals surface area contributed by atoms with E-state index in [1.807, 2.05) is 0 Å². The molecule has 1 aromatic carbocycles. The van der Waals surface area contributed by atoms with Crippen LogP contribution in [0.1, 0.15) is 21.9 Å². The first-order chi connectivity index (χ1) is 15.2. The lowest BCUT2D eigenvalue weighted by atomic mass is 10.2. The van der Waals surface area contributed by atoms with Gasteiger partial charge in [-0.2, -0.15) is 13.2 Å². The van der Waals surface area contributed by atoms with Gasteiger partial charge in [-0.05, 0) is 29.6 Å². The molecule has 0 bridgehead atoms. The van der Waals surface area contributed by atoms with Gasteiger partial charge in [-0.25, -0.2) is 14.6 Å². The molecule has 2 amide bonds. The lowest BCUT2D eigenvalue weighted by Gasteiger charge is -2.09. The number of primary amides is 1. The normalized spacial score (nSPS) is 11.5. The number of carbonyl (C=O) groups excluding carboxylic acids is 2. The molecule has 32 heavy (non-hydrogen) atoms. The van der Waals surface area contributed by atoms with Crippen molar-refractivity contribution >= 4 is 39.6 Å². The molecule has 3 N–H and O–H groups in total. The van der Waals surface area contributed by atoms with Gasteiger partial charge in [0.05, 0.1) is 28.2 Å². The predicted octanol–water partition coefficient (Wildman–Crippen LogP) is 3.75. The second kappa shape index (κ2) is 8.51. The van der Waals surface area contributed by atoms with Gasteiger partial charge in [0.15, 0.2) is 11.0 Å². The van der Waals surface area contributed by atoms with Crippen molar-refractivity contribution in [3.63, 3.8) is 0 Å². The minimum absolute atomic E-state index is 0.0721. The third-order valence-electron chi connectivity index (χ3n) is 4.10. The molecule has 0 aliphatic rings. The van der Waals surface area contributed by atoms with Gasteiger partial charge in [0.25, 0.3) is 5.91 Å². The maximum atomic E-state index is 13.2. The first kappa shape index (κ1) is 21.6. The zero-order chi connectivity index (χ0) is 22.9. The van der Waals surface area contributed by atoms with E-state index in [4.69, 9.17) is 5.73 Å². The lowest BCUT2D eigenvalue weighted by molar-refractivity contribution is -0.137. The number of thiophene rings is 1. The summed E-state index contributed by atoms with van der Waals surface area (Å²) in [5.41, 5.74) is 4.79. The van der Waals surface area contributed by atoms with E-state index in [1.165, 1.54) is 28.2 Å². The van der Waals surface area contributed by atoms with Gasteiger partial charge >= 0.3 is 6.18 Å². The molecule has 0 radical (unpaired) electrons. The first-order valence-electron chi connectivity index (χ1n) is 8.93. The number of nitrogens with one attached hydrogen (secondary N) is 1. The van der Waals surface area contributed by atoms with Crippen LogP contribution in [-0.2, 0) is 17.4 Å². The average Bonchev–Trinajstić information content (AvgIpc) is 3.47. The summed E-state index contributed by atoms with van der Waals surface area (Å²) in [4.78, 5) is 32.6. The molecule has 0 atom stereocenters. The minimum Gasteiger partial charge on any atom is -0.369 e. The Morgan fingerprint density at radius 1 is 1.12 bits per heavy atom. The molecule has 0 saturated heterocycles. The Kier molecular flexibility index (Phi) is 5.76. The highest BCUT2D eigenvalue weighted by Gasteiger charge is 2.31. The molecule has 4 rings (SSSR count). The molecule has 4 aromatic rings. The molecule has 0 aliphatic carbocycles. The fraction of sp³-hybridized carbons (Fsp3) is 0.105. The van der Waals surface area contributed by atoms with Crippen LogP contribution in [0.4, 0.5) is 18.3 Å². The molecular formula is C19H13F3N6O2S2. The summed E-state index contributed by atoms with van der Waals surface area (Å²) in [6, 6.07) is 8.06. The van der Waals surface area contributed by atoms with Crippen molar-refractivity contribution in [1.29, 1.82) is 0 Å². The van der Waals surface area contributed by atoms with Crippen molar-refractivity contribution < 1.29 is 22.8 Å². The highest BCUT2D eigenvalue weighted by molar-refractivity contribution is 7.14. The van der Waals surface area contributed by atoms with Crippen molar-refractivity contribution in [3.05, 3.63) is 64.2 Å². The van der Waals surface area contributed by atoms with E-state index in [9.17, 15) is 22.8 Å². The lowest BCUT2D eigenvalue weighted by Crippen LogP contribution is -2.15. The monoisotopic (exact) mass is 478 g/mol. The predicted molar refractivity (Wildman–Crippen MR) is 113 cm³/mol. The van der Waals surface area contributed by atoms with Crippen molar-refractivity contribution in [2.45, 2.75) is 12.6 Å². The molecule has 8 nitrogen and oxygen atoms in total. The van der Waals surface area contributed by atoms with Crippen molar-refractivity contribution in [2.24, 2.45) is 5.73 Å². The molecule has 0 saturated carbocycles. The number of halogens is 3. The molecule has 0 fully saturated rings. The van der Waals surface area contributed by atoms with Crippen LogP contribution in [0.5, 0.6) is 0 Å². The maximum Gasteiger partial charge on any atom is 0.416 e. The topological polar surface area (TPSA) is 116 Å². The van der Waals surface area contributed by atoms with Gasteiger partial charge in [0.2, 0.25) is 11.7 Å². The molecule has 0 unspecified atom stereocenters. The molecule has 0 aliphatic heterocycles. The van der Waals surface area contributed by atoms with Crippen LogP contribution in [0.2, 0.25) is 0 Å². The summed E-state index contributed by atoms with van der Waals surface area (Å²) in [7, 11) is 0. The van der Waals surface area contributed by atoms with Crippen molar-refractivity contribution in [2.75, 3.05) is 5.32 Å². The summed E-state index contributed by atoms with van der Waals surface area (Å²) >= 11 is 2.39. The number of benzene rings is 1. The average molecular weight is 478 g/mol. The first-order valence-corrected chi connectivity index (χ1v) is 10.7. The third kappa shape index (κ3) is 4.68. The highest BCUT2D eigenvalue weighted by Crippen LogP contribution is 2.32. The maximum absolute atomic E-state index is 13.2. The van der Waals surface area contributed by atoms with Gasteiger partial charge in [-0.15, -0.1) is 27.8 Å². The molecule has 164 valence electrons. The Hall–Kier alpha value is -3.58. The largest absolute Gasteiger partial charge is 0.416 e. The summed E-state index contributed by atoms with van der Waals surface area (Å²) in [5.74, 6) is -1.29. The number of carbonyl (C=O) groups is 2. The molecular weight excluding hydrogens is 465 g/mol. The number of nitrogens with zero attached hydrogens (tertiary/aromatic N) is 4. The number of hydrogen-bond donors (Lipinski definition) is 2. The summed E-state index contributed by atoms with van der Waals surface area (Å²) in [6.45, 7) is 0. The quantitative estimate of drug-likeness (QED) is 0.438. The van der Waals surface area contributed by atoms with Crippen LogP contribution in [0.15, 0.2) is 47.2 Å². The van der Waals surface area contributed by atoms with Gasteiger partial charge in [0.1, 0.15) is 0 Å². The van der Waals surface area contributed by atoms with E-state index in [1.54, 1.807) is 22.9 Å².